The Balaban J connectivity index is 1.48. The zero-order valence-corrected chi connectivity index (χ0v) is 23.7. The van der Waals surface area contributed by atoms with E-state index in [4.69, 9.17) is 0 Å². The molecule has 0 radical (unpaired) electrons. The summed E-state index contributed by atoms with van der Waals surface area (Å²) in [4.78, 5) is 45.3. The van der Waals surface area contributed by atoms with E-state index in [0.717, 1.165) is 25.0 Å². The molecule has 1 heterocycles. The van der Waals surface area contributed by atoms with E-state index in [-0.39, 0.29) is 22.9 Å². The van der Waals surface area contributed by atoms with E-state index in [2.05, 4.69) is 15.6 Å². The molecule has 0 saturated heterocycles. The van der Waals surface area contributed by atoms with E-state index in [1.54, 1.807) is 60.5 Å². The molecule has 0 bridgehead atoms. The van der Waals surface area contributed by atoms with Gasteiger partial charge in [-0.2, -0.15) is 13.2 Å². The highest BCUT2D eigenvalue weighted by Crippen LogP contribution is 2.32. The Kier molecular flexibility index (Phi) is 9.92. The largest absolute Gasteiger partial charge is 0.416 e. The number of carbonyl (C=O) groups excluding carboxylic acids is 3. The van der Waals surface area contributed by atoms with Crippen molar-refractivity contribution in [3.05, 3.63) is 119 Å². The average Bonchev–Trinajstić information content (AvgIpc) is 3.02. The molecule has 1 aromatic heterocycles. The predicted octanol–water partition coefficient (Wildman–Crippen LogP) is 6.75. The van der Waals surface area contributed by atoms with Gasteiger partial charge in [-0.25, -0.2) is 4.98 Å². The topological polar surface area (TPSA) is 91.4 Å². The number of nitrogens with one attached hydrogen (secondary N) is 2. The molecule has 0 spiro atoms. The highest BCUT2D eigenvalue weighted by molar-refractivity contribution is 6.08. The van der Waals surface area contributed by atoms with Crippen LogP contribution in [0.15, 0.2) is 97.2 Å². The molecule has 222 valence electrons. The van der Waals surface area contributed by atoms with Crippen molar-refractivity contribution in [3.8, 4) is 11.1 Å². The van der Waals surface area contributed by atoms with Gasteiger partial charge in [-0.3, -0.25) is 14.4 Å². The third kappa shape index (κ3) is 7.85. The van der Waals surface area contributed by atoms with E-state index in [1.807, 2.05) is 13.0 Å². The first kappa shape index (κ1) is 31.0. The number of halogens is 3. The van der Waals surface area contributed by atoms with Crippen molar-refractivity contribution in [2.45, 2.75) is 32.0 Å². The van der Waals surface area contributed by atoms with Crippen molar-refractivity contribution in [2.75, 3.05) is 18.9 Å². The number of anilines is 1. The van der Waals surface area contributed by atoms with E-state index in [9.17, 15) is 27.6 Å². The summed E-state index contributed by atoms with van der Waals surface area (Å²) >= 11 is 0. The maximum atomic E-state index is 13.2. The Morgan fingerprint density at radius 3 is 2.16 bits per heavy atom. The van der Waals surface area contributed by atoms with Crippen molar-refractivity contribution in [3.63, 3.8) is 0 Å². The summed E-state index contributed by atoms with van der Waals surface area (Å²) < 4.78 is 39.0. The van der Waals surface area contributed by atoms with Crippen LogP contribution in [0.3, 0.4) is 0 Å². The number of carbonyl (C=O) groups is 3. The molecular formula is C33H31F3N4O3. The van der Waals surface area contributed by atoms with Gasteiger partial charge in [0, 0.05) is 25.4 Å². The Hall–Kier alpha value is -4.99. The van der Waals surface area contributed by atoms with Gasteiger partial charge in [-0.05, 0) is 53.4 Å². The molecule has 7 nitrogen and oxygen atoms in total. The van der Waals surface area contributed by atoms with E-state index in [1.165, 1.54) is 30.5 Å². The van der Waals surface area contributed by atoms with E-state index < -0.39 is 29.6 Å². The molecule has 0 aliphatic rings. The molecule has 0 saturated carbocycles. The summed E-state index contributed by atoms with van der Waals surface area (Å²) in [6.45, 7) is 2.60. The lowest BCUT2D eigenvalue weighted by Gasteiger charge is -2.25. The second-order valence-electron chi connectivity index (χ2n) is 9.94. The smallest absolute Gasteiger partial charge is 0.344 e. The minimum absolute atomic E-state index is 0.166. The molecule has 1 atom stereocenters. The molecule has 0 aliphatic carbocycles. The van der Waals surface area contributed by atoms with E-state index in [0.29, 0.717) is 23.2 Å². The number of pyridine rings is 1. The molecule has 43 heavy (non-hydrogen) atoms. The van der Waals surface area contributed by atoms with Crippen molar-refractivity contribution in [1.82, 2.24) is 15.2 Å². The minimum atomic E-state index is -4.47. The maximum Gasteiger partial charge on any atom is 0.416 e. The third-order valence-electron chi connectivity index (χ3n) is 6.84. The van der Waals surface area contributed by atoms with Gasteiger partial charge in [0.05, 0.1) is 11.1 Å². The molecular weight excluding hydrogens is 557 g/mol. The second-order valence-corrected chi connectivity index (χ2v) is 9.94. The summed E-state index contributed by atoms with van der Waals surface area (Å²) in [5.74, 6) is -1.11. The van der Waals surface area contributed by atoms with Crippen molar-refractivity contribution in [2.24, 2.45) is 0 Å². The Bertz CT molecular complexity index is 1560. The van der Waals surface area contributed by atoms with Crippen LogP contribution < -0.4 is 10.6 Å². The van der Waals surface area contributed by atoms with Gasteiger partial charge in [-0.15, -0.1) is 0 Å². The van der Waals surface area contributed by atoms with Gasteiger partial charge in [0.2, 0.25) is 5.91 Å². The van der Waals surface area contributed by atoms with Crippen molar-refractivity contribution in [1.29, 1.82) is 0 Å². The zero-order valence-electron chi connectivity index (χ0n) is 23.7. The fraction of sp³-hybridized carbons (Fsp3) is 0.212. The highest BCUT2D eigenvalue weighted by Gasteiger charge is 2.30. The summed E-state index contributed by atoms with van der Waals surface area (Å²) in [6, 6.07) is 22.1. The van der Waals surface area contributed by atoms with Crippen LogP contribution in [0.2, 0.25) is 0 Å². The molecule has 2 N–H and O–H groups in total. The first-order chi connectivity index (χ1) is 20.6. The number of hydrogen-bond acceptors (Lipinski definition) is 4. The molecule has 3 aromatic carbocycles. The Morgan fingerprint density at radius 2 is 1.53 bits per heavy atom. The molecule has 3 amide bonds. The number of hydrogen-bond donors (Lipinski definition) is 2. The minimum Gasteiger partial charge on any atom is -0.344 e. The first-order valence-electron chi connectivity index (χ1n) is 13.7. The van der Waals surface area contributed by atoms with Gasteiger partial charge in [0.15, 0.2) is 0 Å². The van der Waals surface area contributed by atoms with Gasteiger partial charge in [0.1, 0.15) is 11.9 Å². The number of alkyl halides is 3. The van der Waals surface area contributed by atoms with Crippen LogP contribution in [0.1, 0.15) is 57.7 Å². The normalized spacial score (nSPS) is 11.8. The molecule has 10 heteroatoms. The van der Waals surface area contributed by atoms with Crippen LogP contribution in [0, 0.1) is 0 Å². The fourth-order valence-corrected chi connectivity index (χ4v) is 4.43. The number of unbranched alkanes of at least 4 members (excludes halogenated alkanes) is 1. The Labute approximate surface area is 247 Å². The summed E-state index contributed by atoms with van der Waals surface area (Å²) in [5, 5.41) is 5.47. The summed E-state index contributed by atoms with van der Waals surface area (Å²) in [7, 11) is 1.70. The third-order valence-corrected chi connectivity index (χ3v) is 6.84. The van der Waals surface area contributed by atoms with Crippen molar-refractivity contribution < 1.29 is 27.6 Å². The number of aromatic nitrogens is 1. The molecule has 0 aliphatic heterocycles. The van der Waals surface area contributed by atoms with Gasteiger partial charge < -0.3 is 15.5 Å². The number of likely N-dealkylation sites (N-methyl/N-ethyl adjacent to an activating group) is 1. The quantitative estimate of drug-likeness (QED) is 0.214. The second kappa shape index (κ2) is 13.8. The lowest BCUT2D eigenvalue weighted by molar-refractivity contribution is -0.137. The Morgan fingerprint density at radius 1 is 0.860 bits per heavy atom. The molecule has 1 unspecified atom stereocenters. The van der Waals surface area contributed by atoms with E-state index >= 15 is 0 Å². The summed E-state index contributed by atoms with van der Waals surface area (Å²) in [5.41, 5.74) is 1.18. The monoisotopic (exact) mass is 588 g/mol. The lowest BCUT2D eigenvalue weighted by atomic mass is 9.98. The van der Waals surface area contributed by atoms with Gasteiger partial charge in [0.25, 0.3) is 11.8 Å². The number of amides is 3. The van der Waals surface area contributed by atoms with Crippen molar-refractivity contribution >= 4 is 23.5 Å². The predicted molar refractivity (Wildman–Crippen MR) is 158 cm³/mol. The fourth-order valence-electron chi connectivity index (χ4n) is 4.43. The van der Waals surface area contributed by atoms with Crippen LogP contribution in [0.25, 0.3) is 11.1 Å². The molecule has 4 aromatic rings. The lowest BCUT2D eigenvalue weighted by Crippen LogP contribution is -2.41. The maximum absolute atomic E-state index is 13.2. The van der Waals surface area contributed by atoms with Crippen LogP contribution in [0.5, 0.6) is 0 Å². The van der Waals surface area contributed by atoms with Gasteiger partial charge >= 0.3 is 6.18 Å². The first-order valence-corrected chi connectivity index (χ1v) is 13.7. The summed E-state index contributed by atoms with van der Waals surface area (Å²) in [6.07, 6.45) is -1.41. The van der Waals surface area contributed by atoms with Crippen LogP contribution in [0.4, 0.5) is 19.0 Å². The number of benzene rings is 3. The SMILES string of the molecule is CCCCN(C)C(=O)C(NC(=O)c1ccc(NC(=O)c2ccccc2-c2ccc(C(F)(F)F)cc2)nc1)c1ccccc1. The molecule has 4 rings (SSSR count). The average molecular weight is 589 g/mol. The standard InChI is InChI=1S/C33H31F3N4O3/c1-3-4-20-40(2)32(43)29(23-10-6-5-7-11-23)39-30(41)24-16-19-28(37-21-24)38-31(42)27-13-9-8-12-26(27)22-14-17-25(18-15-22)33(34,35)36/h5-19,21,29H,3-4,20H2,1-2H3,(H,39,41)(H,37,38,42). The molecule has 0 fully saturated rings. The number of rotatable bonds is 10. The van der Waals surface area contributed by atoms with Crippen LogP contribution in [-0.4, -0.2) is 41.2 Å². The van der Waals surface area contributed by atoms with Gasteiger partial charge in [-0.1, -0.05) is 74.0 Å². The highest BCUT2D eigenvalue weighted by atomic mass is 19.4. The number of nitrogens with zero attached hydrogens (tertiary/aromatic N) is 2. The zero-order chi connectivity index (χ0) is 31.0. The van der Waals surface area contributed by atoms with Crippen LogP contribution in [-0.2, 0) is 11.0 Å². The van der Waals surface area contributed by atoms with Crippen LogP contribution >= 0.6 is 0 Å².